The van der Waals surface area contributed by atoms with Crippen LogP contribution in [0.15, 0.2) is 24.3 Å². The molecule has 5 N–H and O–H groups in total. The van der Waals surface area contributed by atoms with Crippen LogP contribution in [0.5, 0.6) is 0 Å². The first-order valence-corrected chi connectivity index (χ1v) is 7.85. The van der Waals surface area contributed by atoms with E-state index < -0.39 is 35.9 Å². The maximum atomic E-state index is 10.1. The number of thioether (sulfide) groups is 1. The third-order valence-electron chi connectivity index (χ3n) is 3.45. The molecule has 0 aliphatic carbocycles. The van der Waals surface area contributed by atoms with Gasteiger partial charge in [0.1, 0.15) is 29.9 Å². The van der Waals surface area contributed by atoms with Gasteiger partial charge in [-0.15, -0.1) is 11.8 Å². The highest BCUT2D eigenvalue weighted by Gasteiger charge is 2.45. The summed E-state index contributed by atoms with van der Waals surface area (Å²) in [6.45, 7) is 0. The lowest BCUT2D eigenvalue weighted by molar-refractivity contribution is -0.203. The van der Waals surface area contributed by atoms with Crippen molar-refractivity contribution in [3.63, 3.8) is 0 Å². The minimum absolute atomic E-state index is 0.587. The van der Waals surface area contributed by atoms with Crippen molar-refractivity contribution in [1.82, 2.24) is 0 Å². The molecule has 1 saturated heterocycles. The van der Waals surface area contributed by atoms with Crippen molar-refractivity contribution in [2.75, 3.05) is 6.26 Å². The van der Waals surface area contributed by atoms with E-state index in [-0.39, 0.29) is 0 Å². The Labute approximate surface area is 126 Å². The molecule has 0 spiro atoms. The van der Waals surface area contributed by atoms with Crippen molar-refractivity contribution in [2.45, 2.75) is 35.9 Å². The predicted octanol–water partition coefficient (Wildman–Crippen LogP) is 0.510. The second-order valence-corrected chi connectivity index (χ2v) is 6.13. The topological polar surface area (TPSA) is 95.9 Å². The lowest BCUT2D eigenvalue weighted by atomic mass is 9.91. The molecule has 1 aliphatic rings. The molecule has 1 aromatic carbocycles. The number of aliphatic hydroxyl groups is 3. The van der Waals surface area contributed by atoms with Crippen LogP contribution in [0, 0.1) is 0 Å². The SMILES string of the molecule is CS[C@H]1O[C@H]([C@H](N)c2ccc(Cl)cc2)[C@H](O)[C@H](O)[C@H]1O. The molecule has 0 aromatic heterocycles. The van der Waals surface area contributed by atoms with Gasteiger partial charge in [-0.05, 0) is 24.0 Å². The molecular weight excluding hydrogens is 302 g/mol. The molecule has 6 atom stereocenters. The summed E-state index contributed by atoms with van der Waals surface area (Å²) in [7, 11) is 0. The molecule has 0 unspecified atom stereocenters. The van der Waals surface area contributed by atoms with Crippen LogP contribution in [0.4, 0.5) is 0 Å². The fourth-order valence-corrected chi connectivity index (χ4v) is 3.05. The van der Waals surface area contributed by atoms with Gasteiger partial charge in [0.2, 0.25) is 0 Å². The van der Waals surface area contributed by atoms with Crippen molar-refractivity contribution < 1.29 is 20.1 Å². The molecule has 1 aliphatic heterocycles. The molecule has 2 rings (SSSR count). The Morgan fingerprint density at radius 3 is 2.30 bits per heavy atom. The number of benzene rings is 1. The van der Waals surface area contributed by atoms with Crippen LogP contribution < -0.4 is 5.73 Å². The van der Waals surface area contributed by atoms with Crippen molar-refractivity contribution in [2.24, 2.45) is 5.73 Å². The average molecular weight is 320 g/mol. The quantitative estimate of drug-likeness (QED) is 0.648. The first-order valence-electron chi connectivity index (χ1n) is 6.19. The first-order chi connectivity index (χ1) is 9.45. The first kappa shape index (κ1) is 16.0. The van der Waals surface area contributed by atoms with Gasteiger partial charge in [-0.3, -0.25) is 0 Å². The molecule has 0 radical (unpaired) electrons. The number of halogens is 1. The summed E-state index contributed by atoms with van der Waals surface area (Å²) in [4.78, 5) is 0. The van der Waals surface area contributed by atoms with E-state index in [9.17, 15) is 15.3 Å². The summed E-state index contributed by atoms with van der Waals surface area (Å²) >= 11 is 7.08. The van der Waals surface area contributed by atoms with E-state index in [1.165, 1.54) is 11.8 Å². The van der Waals surface area contributed by atoms with E-state index in [0.717, 1.165) is 5.56 Å². The smallest absolute Gasteiger partial charge is 0.132 e. The summed E-state index contributed by atoms with van der Waals surface area (Å²) in [6, 6.07) is 6.26. The fraction of sp³-hybridized carbons (Fsp3) is 0.538. The molecule has 0 saturated carbocycles. The van der Waals surface area contributed by atoms with E-state index in [1.54, 1.807) is 30.5 Å². The summed E-state index contributed by atoms with van der Waals surface area (Å²) in [5.74, 6) is 0. The summed E-state index contributed by atoms with van der Waals surface area (Å²) in [5.41, 5.74) is 6.21. The molecule has 0 amide bonds. The van der Waals surface area contributed by atoms with Crippen molar-refractivity contribution in [3.05, 3.63) is 34.9 Å². The lowest BCUT2D eigenvalue weighted by Gasteiger charge is -2.42. The Bertz CT molecular complexity index is 445. The van der Waals surface area contributed by atoms with Gasteiger partial charge in [-0.1, -0.05) is 23.7 Å². The largest absolute Gasteiger partial charge is 0.388 e. The number of nitrogens with two attached hydrogens (primary N) is 1. The predicted molar refractivity (Wildman–Crippen MR) is 78.6 cm³/mol. The van der Waals surface area contributed by atoms with Crippen molar-refractivity contribution >= 4 is 23.4 Å². The van der Waals surface area contributed by atoms with E-state index >= 15 is 0 Å². The number of rotatable bonds is 3. The molecule has 7 heteroatoms. The van der Waals surface area contributed by atoms with Gasteiger partial charge in [0.25, 0.3) is 0 Å². The second-order valence-electron chi connectivity index (χ2n) is 4.75. The van der Waals surface area contributed by atoms with Gasteiger partial charge in [-0.2, -0.15) is 0 Å². The molecule has 1 heterocycles. The Morgan fingerprint density at radius 2 is 1.75 bits per heavy atom. The van der Waals surface area contributed by atoms with E-state index in [1.807, 2.05) is 0 Å². The van der Waals surface area contributed by atoms with Gasteiger partial charge in [0, 0.05) is 5.02 Å². The summed E-state index contributed by atoms with van der Waals surface area (Å²) in [6.07, 6.45) is -2.73. The number of aliphatic hydroxyl groups excluding tert-OH is 3. The molecule has 1 fully saturated rings. The van der Waals surface area contributed by atoms with Crippen LogP contribution in [0.3, 0.4) is 0 Å². The minimum Gasteiger partial charge on any atom is -0.388 e. The Kier molecular flexibility index (Phi) is 5.30. The Hall–Kier alpha value is -0.340. The highest BCUT2D eigenvalue weighted by Crippen LogP contribution is 2.32. The molecular formula is C13H18ClNO4S. The van der Waals surface area contributed by atoms with Crippen molar-refractivity contribution in [3.8, 4) is 0 Å². The zero-order valence-electron chi connectivity index (χ0n) is 10.9. The zero-order chi connectivity index (χ0) is 14.9. The highest BCUT2D eigenvalue weighted by atomic mass is 35.5. The standard InChI is InChI=1S/C13H18ClNO4S/c1-20-13-11(18)9(16)10(17)12(19-13)8(15)6-2-4-7(14)5-3-6/h2-5,8-13,16-18H,15H2,1H3/t8-,9+,10-,11-,12-,13-/m1/s1. The summed E-state index contributed by atoms with van der Waals surface area (Å²) in [5, 5.41) is 30.3. The highest BCUT2D eigenvalue weighted by molar-refractivity contribution is 7.99. The van der Waals surface area contributed by atoms with Gasteiger partial charge >= 0.3 is 0 Å². The minimum atomic E-state index is -1.29. The zero-order valence-corrected chi connectivity index (χ0v) is 12.5. The molecule has 0 bridgehead atoms. The third-order valence-corrected chi connectivity index (χ3v) is 4.55. The lowest BCUT2D eigenvalue weighted by Crippen LogP contribution is -2.59. The molecule has 112 valence electrons. The van der Waals surface area contributed by atoms with Gasteiger partial charge < -0.3 is 25.8 Å². The fourth-order valence-electron chi connectivity index (χ4n) is 2.24. The van der Waals surface area contributed by atoms with Gasteiger partial charge in [0.05, 0.1) is 6.04 Å². The monoisotopic (exact) mass is 319 g/mol. The van der Waals surface area contributed by atoms with E-state index in [0.29, 0.717) is 5.02 Å². The summed E-state index contributed by atoms with van der Waals surface area (Å²) < 4.78 is 5.62. The Balaban J connectivity index is 2.19. The van der Waals surface area contributed by atoms with E-state index in [4.69, 9.17) is 22.1 Å². The number of ether oxygens (including phenoxy) is 1. The van der Waals surface area contributed by atoms with Crippen LogP contribution in [-0.2, 0) is 4.74 Å². The molecule has 5 nitrogen and oxygen atoms in total. The second kappa shape index (κ2) is 6.62. The molecule has 1 aromatic rings. The van der Waals surface area contributed by atoms with Gasteiger partial charge in [0.15, 0.2) is 0 Å². The van der Waals surface area contributed by atoms with Crippen LogP contribution in [0.25, 0.3) is 0 Å². The Morgan fingerprint density at radius 1 is 1.15 bits per heavy atom. The normalized spacial score (nSPS) is 35.8. The number of hydrogen-bond donors (Lipinski definition) is 4. The van der Waals surface area contributed by atoms with Crippen LogP contribution in [0.2, 0.25) is 5.02 Å². The number of hydrogen-bond acceptors (Lipinski definition) is 6. The average Bonchev–Trinajstić information content (AvgIpc) is 2.45. The maximum absolute atomic E-state index is 10.1. The third kappa shape index (κ3) is 3.12. The van der Waals surface area contributed by atoms with Crippen LogP contribution in [-0.4, -0.2) is 51.4 Å². The maximum Gasteiger partial charge on any atom is 0.132 e. The van der Waals surface area contributed by atoms with Gasteiger partial charge in [-0.25, -0.2) is 0 Å². The molecule has 20 heavy (non-hydrogen) atoms. The van der Waals surface area contributed by atoms with E-state index in [2.05, 4.69) is 0 Å². The van der Waals surface area contributed by atoms with Crippen LogP contribution >= 0.6 is 23.4 Å². The van der Waals surface area contributed by atoms with Crippen LogP contribution in [0.1, 0.15) is 11.6 Å². The van der Waals surface area contributed by atoms with Crippen molar-refractivity contribution in [1.29, 1.82) is 0 Å².